The molecule has 1 heterocycles. The summed E-state index contributed by atoms with van der Waals surface area (Å²) in [6, 6.07) is 6.15. The Balaban J connectivity index is 2.65. The standard InChI is InChI=1S/C13H12FN3/c1-8-9(2)16-17(10(8)3)13-5-11(7-15)4-12(14)6-13/h4-6H,1-3H3. The Hall–Kier alpha value is -2.15. The van der Waals surface area contributed by atoms with Gasteiger partial charge in [-0.1, -0.05) is 0 Å². The first kappa shape index (κ1) is 11.3. The first-order valence-electron chi connectivity index (χ1n) is 5.27. The molecular formula is C13H12FN3. The number of aryl methyl sites for hydroxylation is 1. The van der Waals surface area contributed by atoms with Crippen LogP contribution in [0.4, 0.5) is 4.39 Å². The molecule has 86 valence electrons. The van der Waals surface area contributed by atoms with Crippen LogP contribution in [0.15, 0.2) is 18.2 Å². The largest absolute Gasteiger partial charge is 0.237 e. The molecule has 0 amide bonds. The fourth-order valence-electron chi connectivity index (χ4n) is 1.73. The summed E-state index contributed by atoms with van der Waals surface area (Å²) in [5.41, 5.74) is 3.82. The lowest BCUT2D eigenvalue weighted by Crippen LogP contribution is -2.00. The molecule has 4 heteroatoms. The van der Waals surface area contributed by atoms with E-state index in [2.05, 4.69) is 5.10 Å². The Morgan fingerprint density at radius 3 is 2.47 bits per heavy atom. The summed E-state index contributed by atoms with van der Waals surface area (Å²) in [7, 11) is 0. The quantitative estimate of drug-likeness (QED) is 0.754. The van der Waals surface area contributed by atoms with E-state index in [0.717, 1.165) is 17.0 Å². The zero-order valence-corrected chi connectivity index (χ0v) is 9.95. The first-order valence-corrected chi connectivity index (χ1v) is 5.27. The van der Waals surface area contributed by atoms with Crippen molar-refractivity contribution >= 4 is 0 Å². The lowest BCUT2D eigenvalue weighted by molar-refractivity contribution is 0.624. The summed E-state index contributed by atoms with van der Waals surface area (Å²) < 4.78 is 15.0. The van der Waals surface area contributed by atoms with Gasteiger partial charge in [-0.25, -0.2) is 9.07 Å². The summed E-state index contributed by atoms with van der Waals surface area (Å²) in [6.45, 7) is 5.80. The van der Waals surface area contributed by atoms with Crippen molar-refractivity contribution in [3.63, 3.8) is 0 Å². The number of benzene rings is 1. The van der Waals surface area contributed by atoms with Gasteiger partial charge >= 0.3 is 0 Å². The Bertz CT molecular complexity index is 620. The molecule has 0 bridgehead atoms. The Morgan fingerprint density at radius 2 is 1.94 bits per heavy atom. The third-order valence-electron chi connectivity index (χ3n) is 2.91. The van der Waals surface area contributed by atoms with Crippen molar-refractivity contribution < 1.29 is 4.39 Å². The topological polar surface area (TPSA) is 41.6 Å². The molecule has 0 N–H and O–H groups in total. The van der Waals surface area contributed by atoms with Crippen LogP contribution in [-0.4, -0.2) is 9.78 Å². The zero-order valence-electron chi connectivity index (χ0n) is 9.95. The SMILES string of the molecule is Cc1nn(-c2cc(F)cc(C#N)c2)c(C)c1C. The van der Waals surface area contributed by atoms with Crippen LogP contribution in [0.3, 0.4) is 0 Å². The molecule has 0 atom stereocenters. The highest BCUT2D eigenvalue weighted by Gasteiger charge is 2.10. The van der Waals surface area contributed by atoms with Gasteiger partial charge in [-0.3, -0.25) is 0 Å². The Morgan fingerprint density at radius 1 is 1.24 bits per heavy atom. The highest BCUT2D eigenvalue weighted by atomic mass is 19.1. The number of rotatable bonds is 1. The van der Waals surface area contributed by atoms with Gasteiger partial charge < -0.3 is 0 Å². The second-order valence-electron chi connectivity index (χ2n) is 4.02. The second-order valence-corrected chi connectivity index (χ2v) is 4.02. The van der Waals surface area contributed by atoms with Crippen molar-refractivity contribution in [2.24, 2.45) is 0 Å². The van der Waals surface area contributed by atoms with E-state index >= 15 is 0 Å². The molecular weight excluding hydrogens is 217 g/mol. The molecule has 17 heavy (non-hydrogen) atoms. The lowest BCUT2D eigenvalue weighted by atomic mass is 10.2. The van der Waals surface area contributed by atoms with Crippen LogP contribution in [0.5, 0.6) is 0 Å². The van der Waals surface area contributed by atoms with Gasteiger partial charge in [0.15, 0.2) is 0 Å². The van der Waals surface area contributed by atoms with E-state index in [1.807, 2.05) is 26.8 Å². The van der Waals surface area contributed by atoms with E-state index < -0.39 is 5.82 Å². The fourth-order valence-corrected chi connectivity index (χ4v) is 1.73. The molecule has 0 saturated heterocycles. The maximum absolute atomic E-state index is 13.3. The molecule has 0 aliphatic rings. The van der Waals surface area contributed by atoms with Gasteiger partial charge in [0.25, 0.3) is 0 Å². The van der Waals surface area contributed by atoms with Gasteiger partial charge in [0, 0.05) is 5.69 Å². The molecule has 2 aromatic rings. The number of halogens is 1. The lowest BCUT2D eigenvalue weighted by Gasteiger charge is -2.05. The summed E-state index contributed by atoms with van der Waals surface area (Å²) in [5.74, 6) is -0.427. The van der Waals surface area contributed by atoms with Gasteiger partial charge in [-0.05, 0) is 44.5 Å². The maximum Gasteiger partial charge on any atom is 0.126 e. The van der Waals surface area contributed by atoms with Crippen LogP contribution in [0.25, 0.3) is 5.69 Å². The average molecular weight is 229 g/mol. The summed E-state index contributed by atoms with van der Waals surface area (Å²) >= 11 is 0. The molecule has 0 spiro atoms. The number of hydrogen-bond acceptors (Lipinski definition) is 2. The summed E-state index contributed by atoms with van der Waals surface area (Å²) in [5, 5.41) is 13.2. The zero-order chi connectivity index (χ0) is 12.6. The van der Waals surface area contributed by atoms with E-state index in [1.165, 1.54) is 12.1 Å². The van der Waals surface area contributed by atoms with Crippen LogP contribution in [0.2, 0.25) is 0 Å². The van der Waals surface area contributed by atoms with Crippen LogP contribution in [-0.2, 0) is 0 Å². The van der Waals surface area contributed by atoms with Crippen LogP contribution in [0, 0.1) is 37.9 Å². The third kappa shape index (κ3) is 1.92. The third-order valence-corrected chi connectivity index (χ3v) is 2.91. The van der Waals surface area contributed by atoms with Crippen molar-refractivity contribution in [3.8, 4) is 11.8 Å². The summed E-state index contributed by atoms with van der Waals surface area (Å²) in [4.78, 5) is 0. The minimum Gasteiger partial charge on any atom is -0.237 e. The molecule has 0 aliphatic carbocycles. The second kappa shape index (κ2) is 4.02. The molecule has 1 aromatic carbocycles. The predicted octanol–water partition coefficient (Wildman–Crippen LogP) is 2.81. The minimum absolute atomic E-state index is 0.296. The van der Waals surface area contributed by atoms with E-state index in [-0.39, 0.29) is 0 Å². The van der Waals surface area contributed by atoms with Crippen molar-refractivity contribution in [1.29, 1.82) is 5.26 Å². The highest BCUT2D eigenvalue weighted by Crippen LogP contribution is 2.18. The Kier molecular flexibility index (Phi) is 2.68. The van der Waals surface area contributed by atoms with E-state index in [0.29, 0.717) is 11.3 Å². The van der Waals surface area contributed by atoms with Crippen molar-refractivity contribution in [2.45, 2.75) is 20.8 Å². The van der Waals surface area contributed by atoms with Crippen molar-refractivity contribution in [3.05, 3.63) is 46.5 Å². The van der Waals surface area contributed by atoms with Crippen LogP contribution >= 0.6 is 0 Å². The highest BCUT2D eigenvalue weighted by molar-refractivity contribution is 5.43. The van der Waals surface area contributed by atoms with E-state index in [1.54, 1.807) is 10.7 Å². The Labute approximate surface area is 99.1 Å². The summed E-state index contributed by atoms with van der Waals surface area (Å²) in [6.07, 6.45) is 0. The maximum atomic E-state index is 13.3. The molecule has 0 radical (unpaired) electrons. The molecule has 0 fully saturated rings. The van der Waals surface area contributed by atoms with Crippen molar-refractivity contribution in [1.82, 2.24) is 9.78 Å². The molecule has 1 aromatic heterocycles. The van der Waals surface area contributed by atoms with E-state index in [9.17, 15) is 4.39 Å². The fraction of sp³-hybridized carbons (Fsp3) is 0.231. The smallest absolute Gasteiger partial charge is 0.126 e. The minimum atomic E-state index is -0.427. The van der Waals surface area contributed by atoms with Gasteiger partial charge in [-0.2, -0.15) is 10.4 Å². The number of nitrogens with zero attached hydrogens (tertiary/aromatic N) is 3. The average Bonchev–Trinajstić information content (AvgIpc) is 2.56. The molecule has 0 saturated carbocycles. The van der Waals surface area contributed by atoms with E-state index in [4.69, 9.17) is 5.26 Å². The number of aromatic nitrogens is 2. The van der Waals surface area contributed by atoms with Crippen LogP contribution in [0.1, 0.15) is 22.5 Å². The first-order chi connectivity index (χ1) is 8.02. The van der Waals surface area contributed by atoms with Crippen molar-refractivity contribution in [2.75, 3.05) is 0 Å². The number of hydrogen-bond donors (Lipinski definition) is 0. The van der Waals surface area contributed by atoms with Crippen LogP contribution < -0.4 is 0 Å². The van der Waals surface area contributed by atoms with Gasteiger partial charge in [0.05, 0.1) is 23.0 Å². The van der Waals surface area contributed by atoms with Gasteiger partial charge in [-0.15, -0.1) is 0 Å². The molecule has 0 unspecified atom stereocenters. The molecule has 2 rings (SSSR count). The monoisotopic (exact) mass is 229 g/mol. The molecule has 0 aliphatic heterocycles. The predicted molar refractivity (Wildman–Crippen MR) is 62.4 cm³/mol. The normalized spacial score (nSPS) is 10.3. The number of nitriles is 1. The van der Waals surface area contributed by atoms with Gasteiger partial charge in [0.1, 0.15) is 5.82 Å². The molecule has 3 nitrogen and oxygen atoms in total. The van der Waals surface area contributed by atoms with Gasteiger partial charge in [0.2, 0.25) is 0 Å².